The van der Waals surface area contributed by atoms with Crippen molar-refractivity contribution >= 4 is 33.2 Å². The van der Waals surface area contributed by atoms with Gasteiger partial charge in [-0.3, -0.25) is 14.9 Å². The number of nitro groups is 1. The molecule has 1 aliphatic heterocycles. The van der Waals surface area contributed by atoms with Gasteiger partial charge in [-0.2, -0.15) is 4.31 Å². The number of amides is 1. The molecule has 9 nitrogen and oxygen atoms in total. The molecule has 0 bridgehead atoms. The third kappa shape index (κ3) is 4.72. The van der Waals surface area contributed by atoms with Crippen LogP contribution in [0.25, 0.3) is 0 Å². The van der Waals surface area contributed by atoms with Gasteiger partial charge < -0.3 is 9.64 Å². The minimum absolute atomic E-state index is 0.0789. The third-order valence-corrected chi connectivity index (χ3v) is 6.91. The zero-order valence-electron chi connectivity index (χ0n) is 16.1. The Balaban J connectivity index is 1.64. The first-order valence-corrected chi connectivity index (χ1v) is 11.0. The minimum atomic E-state index is -3.90. The van der Waals surface area contributed by atoms with E-state index in [0.29, 0.717) is 10.8 Å². The van der Waals surface area contributed by atoms with Crippen LogP contribution in [0.15, 0.2) is 53.4 Å². The number of piperazine rings is 1. The summed E-state index contributed by atoms with van der Waals surface area (Å²) in [5.74, 6) is 0.120. The van der Waals surface area contributed by atoms with E-state index in [1.807, 2.05) is 0 Å². The third-order valence-electron chi connectivity index (χ3n) is 4.70. The van der Waals surface area contributed by atoms with Crippen molar-refractivity contribution in [3.63, 3.8) is 0 Å². The molecule has 1 atom stereocenters. The Labute approximate surface area is 179 Å². The van der Waals surface area contributed by atoms with Crippen LogP contribution in [0.2, 0.25) is 5.02 Å². The fourth-order valence-corrected chi connectivity index (χ4v) is 4.74. The molecular formula is C19H20ClN3O6S. The molecular weight excluding hydrogens is 434 g/mol. The highest BCUT2D eigenvalue weighted by Gasteiger charge is 2.32. The Kier molecular flexibility index (Phi) is 6.59. The Morgan fingerprint density at radius 3 is 2.43 bits per heavy atom. The van der Waals surface area contributed by atoms with Gasteiger partial charge in [-0.15, -0.1) is 0 Å². The van der Waals surface area contributed by atoms with Crippen molar-refractivity contribution < 1.29 is 22.9 Å². The molecule has 0 saturated carbocycles. The highest BCUT2D eigenvalue weighted by molar-refractivity contribution is 7.89. The van der Waals surface area contributed by atoms with Crippen LogP contribution in [-0.4, -0.2) is 60.7 Å². The topological polar surface area (TPSA) is 110 Å². The molecule has 1 saturated heterocycles. The fraction of sp³-hybridized carbons (Fsp3) is 0.316. The molecule has 0 spiro atoms. The Hall–Kier alpha value is -2.69. The van der Waals surface area contributed by atoms with Gasteiger partial charge in [-0.05, 0) is 25.1 Å². The van der Waals surface area contributed by atoms with E-state index in [9.17, 15) is 23.3 Å². The average Bonchev–Trinajstić information content (AvgIpc) is 2.75. The molecule has 2 aromatic carbocycles. The molecule has 11 heteroatoms. The molecule has 160 valence electrons. The molecule has 30 heavy (non-hydrogen) atoms. The van der Waals surface area contributed by atoms with Crippen LogP contribution in [0.1, 0.15) is 6.92 Å². The molecule has 1 aliphatic rings. The van der Waals surface area contributed by atoms with E-state index in [-0.39, 0.29) is 42.7 Å². The molecule has 1 heterocycles. The molecule has 3 rings (SSSR count). The smallest absolute Gasteiger partial charge is 0.270 e. The SMILES string of the molecule is CC(Oc1ccccc1Cl)C(=O)N1CCN(S(=O)(=O)c2cccc([N+](=O)[O-])c2)CC1. The zero-order valence-corrected chi connectivity index (χ0v) is 17.7. The number of sulfonamides is 1. The zero-order chi connectivity index (χ0) is 21.9. The molecule has 1 unspecified atom stereocenters. The largest absolute Gasteiger partial charge is 0.479 e. The summed E-state index contributed by atoms with van der Waals surface area (Å²) in [6.07, 6.45) is -0.787. The van der Waals surface area contributed by atoms with Gasteiger partial charge in [0.25, 0.3) is 11.6 Å². The van der Waals surface area contributed by atoms with Crippen LogP contribution in [0.4, 0.5) is 5.69 Å². The van der Waals surface area contributed by atoms with Crippen molar-refractivity contribution in [2.75, 3.05) is 26.2 Å². The van der Waals surface area contributed by atoms with E-state index in [1.54, 1.807) is 31.2 Å². The van der Waals surface area contributed by atoms with Crippen molar-refractivity contribution in [2.45, 2.75) is 17.9 Å². The quantitative estimate of drug-likeness (QED) is 0.491. The molecule has 0 aliphatic carbocycles. The van der Waals surface area contributed by atoms with Gasteiger partial charge in [0.2, 0.25) is 10.0 Å². The van der Waals surface area contributed by atoms with E-state index in [1.165, 1.54) is 27.4 Å². The Morgan fingerprint density at radius 1 is 1.13 bits per heavy atom. The van der Waals surface area contributed by atoms with E-state index in [0.717, 1.165) is 6.07 Å². The number of carbonyl (C=O) groups excluding carboxylic acids is 1. The normalized spacial score (nSPS) is 16.1. The van der Waals surface area contributed by atoms with Crippen LogP contribution in [-0.2, 0) is 14.8 Å². The highest BCUT2D eigenvalue weighted by atomic mass is 35.5. The standard InChI is InChI=1S/C19H20ClN3O6S/c1-14(29-18-8-3-2-7-17(18)20)19(24)21-9-11-22(12-10-21)30(27,28)16-6-4-5-15(13-16)23(25)26/h2-8,13-14H,9-12H2,1H3. The van der Waals surface area contributed by atoms with Crippen molar-refractivity contribution in [1.82, 2.24) is 9.21 Å². The monoisotopic (exact) mass is 453 g/mol. The first-order chi connectivity index (χ1) is 14.2. The van der Waals surface area contributed by atoms with E-state index in [4.69, 9.17) is 16.3 Å². The molecule has 0 aromatic heterocycles. The maximum atomic E-state index is 12.8. The molecule has 2 aromatic rings. The van der Waals surface area contributed by atoms with Crippen LogP contribution >= 0.6 is 11.6 Å². The van der Waals surface area contributed by atoms with Crippen LogP contribution in [0.3, 0.4) is 0 Å². The summed E-state index contributed by atoms with van der Waals surface area (Å²) < 4.78 is 32.5. The van der Waals surface area contributed by atoms with E-state index >= 15 is 0 Å². The van der Waals surface area contributed by atoms with Gasteiger partial charge in [0.15, 0.2) is 6.10 Å². The number of nitro benzene ring substituents is 1. The number of ether oxygens (including phenoxy) is 1. The number of carbonyl (C=O) groups is 1. The fourth-order valence-electron chi connectivity index (χ4n) is 3.09. The van der Waals surface area contributed by atoms with E-state index < -0.39 is 21.1 Å². The summed E-state index contributed by atoms with van der Waals surface area (Å²) in [5.41, 5.74) is -0.296. The summed E-state index contributed by atoms with van der Waals surface area (Å²) in [4.78, 5) is 24.3. The van der Waals surface area contributed by atoms with Crippen LogP contribution in [0, 0.1) is 10.1 Å². The van der Waals surface area contributed by atoms with Crippen molar-refractivity contribution in [3.8, 4) is 5.75 Å². The van der Waals surface area contributed by atoms with Gasteiger partial charge >= 0.3 is 0 Å². The second-order valence-corrected chi connectivity index (χ2v) is 9.02. The van der Waals surface area contributed by atoms with Gasteiger partial charge in [0.05, 0.1) is 14.8 Å². The van der Waals surface area contributed by atoms with Gasteiger partial charge in [-0.25, -0.2) is 8.42 Å². The number of non-ortho nitro benzene ring substituents is 1. The van der Waals surface area contributed by atoms with Crippen LogP contribution in [0.5, 0.6) is 5.75 Å². The lowest BCUT2D eigenvalue weighted by Crippen LogP contribution is -2.53. The summed E-state index contributed by atoms with van der Waals surface area (Å²) in [7, 11) is -3.90. The average molecular weight is 454 g/mol. The number of rotatable bonds is 6. The first kappa shape index (κ1) is 22.0. The Bertz CT molecular complexity index is 1050. The van der Waals surface area contributed by atoms with Crippen molar-refractivity contribution in [1.29, 1.82) is 0 Å². The predicted molar refractivity (Wildman–Crippen MR) is 110 cm³/mol. The lowest BCUT2D eigenvalue weighted by atomic mass is 10.2. The number of nitrogens with zero attached hydrogens (tertiary/aromatic N) is 3. The maximum Gasteiger partial charge on any atom is 0.270 e. The van der Waals surface area contributed by atoms with E-state index in [2.05, 4.69) is 0 Å². The predicted octanol–water partition coefficient (Wildman–Crippen LogP) is 2.55. The van der Waals surface area contributed by atoms with Gasteiger partial charge in [0, 0.05) is 38.3 Å². The van der Waals surface area contributed by atoms with Gasteiger partial charge in [-0.1, -0.05) is 29.8 Å². The molecule has 1 amide bonds. The lowest BCUT2D eigenvalue weighted by molar-refractivity contribution is -0.385. The number of halogens is 1. The molecule has 0 N–H and O–H groups in total. The van der Waals surface area contributed by atoms with Gasteiger partial charge in [0.1, 0.15) is 5.75 Å². The number of benzene rings is 2. The van der Waals surface area contributed by atoms with Crippen molar-refractivity contribution in [3.05, 3.63) is 63.7 Å². The maximum absolute atomic E-state index is 12.8. The second-order valence-electron chi connectivity index (χ2n) is 6.67. The number of hydrogen-bond acceptors (Lipinski definition) is 6. The summed E-state index contributed by atoms with van der Waals surface area (Å²) in [6.45, 7) is 2.13. The summed E-state index contributed by atoms with van der Waals surface area (Å²) >= 11 is 6.05. The second kappa shape index (κ2) is 8.99. The Morgan fingerprint density at radius 2 is 1.80 bits per heavy atom. The summed E-state index contributed by atoms with van der Waals surface area (Å²) in [5, 5.41) is 11.3. The first-order valence-electron chi connectivity index (χ1n) is 9.14. The number of para-hydroxylation sites is 1. The highest BCUT2D eigenvalue weighted by Crippen LogP contribution is 2.25. The lowest BCUT2D eigenvalue weighted by Gasteiger charge is -2.35. The summed E-state index contributed by atoms with van der Waals surface area (Å²) in [6, 6.07) is 11.7. The van der Waals surface area contributed by atoms with Crippen LogP contribution < -0.4 is 4.74 Å². The molecule has 0 radical (unpaired) electrons. The number of hydrogen-bond donors (Lipinski definition) is 0. The minimum Gasteiger partial charge on any atom is -0.479 e. The molecule has 1 fully saturated rings. The van der Waals surface area contributed by atoms with Crippen molar-refractivity contribution in [2.24, 2.45) is 0 Å².